The Morgan fingerprint density at radius 3 is 2.82 bits per heavy atom. The van der Waals surface area contributed by atoms with Crippen LogP contribution >= 0.6 is 0 Å². The van der Waals surface area contributed by atoms with Crippen LogP contribution < -0.4 is 10.6 Å². The molecule has 0 aromatic heterocycles. The normalized spacial score (nSPS) is 26.3. The highest BCUT2D eigenvalue weighted by molar-refractivity contribution is 5.96. The van der Waals surface area contributed by atoms with Gasteiger partial charge in [0.1, 0.15) is 5.75 Å². The number of rotatable bonds is 2. The van der Waals surface area contributed by atoms with Gasteiger partial charge in [0.15, 0.2) is 0 Å². The van der Waals surface area contributed by atoms with Crippen LogP contribution in [0.3, 0.4) is 0 Å². The Morgan fingerprint density at radius 2 is 2.18 bits per heavy atom. The summed E-state index contributed by atoms with van der Waals surface area (Å²) in [6.45, 7) is 0.679. The largest absolute Gasteiger partial charge is 0.508 e. The molecule has 2 aliphatic rings. The molecule has 0 bridgehead atoms. The predicted molar refractivity (Wildman–Crippen MR) is 64.7 cm³/mol. The molecule has 2 fully saturated rings. The Bertz CT molecular complexity index is 468. The Balaban J connectivity index is 1.83. The molecule has 1 aliphatic carbocycles. The molecule has 1 heterocycles. The molecule has 1 saturated carbocycles. The molecule has 0 spiro atoms. The highest BCUT2D eigenvalue weighted by Crippen LogP contribution is 2.44. The molecular weight excluding hydrogens is 216 g/mol. The number of benzene rings is 1. The SMILES string of the molecule is NC1(C2CC(=O)N(c3cccc(O)c3)C2)CC1. The van der Waals surface area contributed by atoms with Crippen molar-refractivity contribution in [1.82, 2.24) is 0 Å². The number of nitrogens with zero attached hydrogens (tertiary/aromatic N) is 1. The summed E-state index contributed by atoms with van der Waals surface area (Å²) in [5, 5.41) is 9.44. The molecule has 3 rings (SSSR count). The lowest BCUT2D eigenvalue weighted by Gasteiger charge is -2.19. The fourth-order valence-electron chi connectivity index (χ4n) is 2.56. The average molecular weight is 232 g/mol. The van der Waals surface area contributed by atoms with Crippen LogP contribution in [0.2, 0.25) is 0 Å². The van der Waals surface area contributed by atoms with E-state index in [1.54, 1.807) is 23.1 Å². The van der Waals surface area contributed by atoms with E-state index in [4.69, 9.17) is 5.73 Å². The van der Waals surface area contributed by atoms with Gasteiger partial charge in [0.2, 0.25) is 5.91 Å². The number of amides is 1. The number of nitrogens with two attached hydrogens (primary N) is 1. The number of phenols is 1. The maximum absolute atomic E-state index is 12.0. The Hall–Kier alpha value is -1.55. The molecule has 90 valence electrons. The van der Waals surface area contributed by atoms with Crippen molar-refractivity contribution in [3.8, 4) is 5.75 Å². The maximum Gasteiger partial charge on any atom is 0.227 e. The lowest BCUT2D eigenvalue weighted by Crippen LogP contribution is -2.34. The van der Waals surface area contributed by atoms with Gasteiger partial charge in [0, 0.05) is 36.2 Å². The van der Waals surface area contributed by atoms with Crippen LogP contribution in [0.5, 0.6) is 5.75 Å². The van der Waals surface area contributed by atoms with Crippen molar-refractivity contribution in [2.24, 2.45) is 11.7 Å². The van der Waals surface area contributed by atoms with Gasteiger partial charge >= 0.3 is 0 Å². The first-order valence-electron chi connectivity index (χ1n) is 5.97. The quantitative estimate of drug-likeness (QED) is 0.806. The summed E-state index contributed by atoms with van der Waals surface area (Å²) in [5.74, 6) is 0.558. The fourth-order valence-corrected chi connectivity index (χ4v) is 2.56. The van der Waals surface area contributed by atoms with E-state index < -0.39 is 0 Å². The van der Waals surface area contributed by atoms with Crippen molar-refractivity contribution in [2.75, 3.05) is 11.4 Å². The minimum Gasteiger partial charge on any atom is -0.508 e. The Labute approximate surface area is 100 Å². The molecular formula is C13H16N2O2. The van der Waals surface area contributed by atoms with Crippen LogP contribution in [-0.4, -0.2) is 23.1 Å². The zero-order chi connectivity index (χ0) is 12.0. The summed E-state index contributed by atoms with van der Waals surface area (Å²) in [6.07, 6.45) is 2.59. The lowest BCUT2D eigenvalue weighted by molar-refractivity contribution is -0.117. The third-order valence-corrected chi connectivity index (χ3v) is 3.91. The Morgan fingerprint density at radius 1 is 1.41 bits per heavy atom. The van der Waals surface area contributed by atoms with Crippen LogP contribution in [-0.2, 0) is 4.79 Å². The number of aromatic hydroxyl groups is 1. The molecule has 1 amide bonds. The van der Waals surface area contributed by atoms with Crippen LogP contribution in [0.15, 0.2) is 24.3 Å². The third kappa shape index (κ3) is 1.78. The van der Waals surface area contributed by atoms with E-state index in [0.717, 1.165) is 18.5 Å². The van der Waals surface area contributed by atoms with Gasteiger partial charge in [0.05, 0.1) is 0 Å². The van der Waals surface area contributed by atoms with Crippen LogP contribution in [0.25, 0.3) is 0 Å². The van der Waals surface area contributed by atoms with E-state index in [1.807, 2.05) is 6.07 Å². The second-order valence-corrected chi connectivity index (χ2v) is 5.16. The highest BCUT2D eigenvalue weighted by atomic mass is 16.3. The summed E-state index contributed by atoms with van der Waals surface area (Å²) in [4.78, 5) is 13.7. The van der Waals surface area contributed by atoms with Crippen LogP contribution in [0, 0.1) is 5.92 Å². The summed E-state index contributed by atoms with van der Waals surface area (Å²) in [6, 6.07) is 6.82. The number of hydrogen-bond acceptors (Lipinski definition) is 3. The van der Waals surface area contributed by atoms with Gasteiger partial charge in [-0.25, -0.2) is 0 Å². The van der Waals surface area contributed by atoms with Crippen molar-refractivity contribution < 1.29 is 9.90 Å². The smallest absolute Gasteiger partial charge is 0.227 e. The monoisotopic (exact) mass is 232 g/mol. The Kier molecular flexibility index (Phi) is 2.16. The first-order chi connectivity index (χ1) is 8.08. The molecule has 0 radical (unpaired) electrons. The first kappa shape index (κ1) is 10.6. The zero-order valence-electron chi connectivity index (χ0n) is 9.60. The summed E-state index contributed by atoms with van der Waals surface area (Å²) < 4.78 is 0. The molecule has 1 saturated heterocycles. The van der Waals surface area contributed by atoms with Gasteiger partial charge in [-0.05, 0) is 25.0 Å². The molecule has 4 heteroatoms. The summed E-state index contributed by atoms with van der Waals surface area (Å²) >= 11 is 0. The van der Waals surface area contributed by atoms with E-state index in [-0.39, 0.29) is 23.1 Å². The number of anilines is 1. The van der Waals surface area contributed by atoms with Gasteiger partial charge in [-0.3, -0.25) is 4.79 Å². The number of carbonyl (C=O) groups is 1. The van der Waals surface area contributed by atoms with Gasteiger partial charge < -0.3 is 15.7 Å². The van der Waals surface area contributed by atoms with Crippen molar-refractivity contribution in [3.63, 3.8) is 0 Å². The van der Waals surface area contributed by atoms with E-state index >= 15 is 0 Å². The van der Waals surface area contributed by atoms with Gasteiger partial charge in [0.25, 0.3) is 0 Å². The minimum atomic E-state index is -0.110. The summed E-state index contributed by atoms with van der Waals surface area (Å²) in [5.41, 5.74) is 6.81. The summed E-state index contributed by atoms with van der Waals surface area (Å²) in [7, 11) is 0. The van der Waals surface area contributed by atoms with E-state index in [0.29, 0.717) is 13.0 Å². The number of carbonyl (C=O) groups excluding carboxylic acids is 1. The molecule has 1 aromatic carbocycles. The molecule has 1 aliphatic heterocycles. The van der Waals surface area contributed by atoms with Crippen molar-refractivity contribution >= 4 is 11.6 Å². The van der Waals surface area contributed by atoms with E-state index in [2.05, 4.69) is 0 Å². The zero-order valence-corrected chi connectivity index (χ0v) is 9.60. The predicted octanol–water partition coefficient (Wildman–Crippen LogP) is 1.24. The van der Waals surface area contributed by atoms with Gasteiger partial charge in [-0.2, -0.15) is 0 Å². The minimum absolute atomic E-state index is 0.109. The second-order valence-electron chi connectivity index (χ2n) is 5.16. The second kappa shape index (κ2) is 3.47. The number of hydrogen-bond donors (Lipinski definition) is 2. The topological polar surface area (TPSA) is 66.6 Å². The molecule has 1 atom stereocenters. The number of phenolic OH excluding ortho intramolecular Hbond substituents is 1. The lowest BCUT2D eigenvalue weighted by atomic mass is 9.97. The molecule has 4 nitrogen and oxygen atoms in total. The van der Waals surface area contributed by atoms with Gasteiger partial charge in [-0.1, -0.05) is 6.07 Å². The standard InChI is InChI=1S/C13H16N2O2/c14-13(4-5-13)9-6-12(17)15(8-9)10-2-1-3-11(16)7-10/h1-3,7,9,16H,4-6,8,14H2. The molecule has 17 heavy (non-hydrogen) atoms. The van der Waals surface area contributed by atoms with Crippen molar-refractivity contribution in [2.45, 2.75) is 24.8 Å². The van der Waals surface area contributed by atoms with E-state index in [1.165, 1.54) is 0 Å². The van der Waals surface area contributed by atoms with Gasteiger partial charge in [-0.15, -0.1) is 0 Å². The molecule has 1 aromatic rings. The van der Waals surface area contributed by atoms with Crippen LogP contribution in [0.1, 0.15) is 19.3 Å². The van der Waals surface area contributed by atoms with Crippen LogP contribution in [0.4, 0.5) is 5.69 Å². The fraction of sp³-hybridized carbons (Fsp3) is 0.462. The third-order valence-electron chi connectivity index (χ3n) is 3.91. The average Bonchev–Trinajstić information content (AvgIpc) is 2.90. The molecule has 3 N–H and O–H groups in total. The van der Waals surface area contributed by atoms with Crippen molar-refractivity contribution in [1.29, 1.82) is 0 Å². The van der Waals surface area contributed by atoms with Crippen molar-refractivity contribution in [3.05, 3.63) is 24.3 Å². The maximum atomic E-state index is 12.0. The molecule has 1 unspecified atom stereocenters. The first-order valence-corrected chi connectivity index (χ1v) is 5.97. The van der Waals surface area contributed by atoms with E-state index in [9.17, 15) is 9.90 Å². The highest BCUT2D eigenvalue weighted by Gasteiger charge is 2.50.